The molecule has 6 nitrogen and oxygen atoms in total. The molecule has 3 atom stereocenters. The van der Waals surface area contributed by atoms with Gasteiger partial charge in [0.1, 0.15) is 0 Å². The van der Waals surface area contributed by atoms with E-state index in [4.69, 9.17) is 9.47 Å². The molecule has 1 saturated carbocycles. The Morgan fingerprint density at radius 3 is 2.85 bits per heavy atom. The molecule has 0 unspecified atom stereocenters. The van der Waals surface area contributed by atoms with E-state index in [1.165, 1.54) is 0 Å². The Bertz CT molecular complexity index is 589. The number of hydrogen-bond acceptors (Lipinski definition) is 6. The number of thiazole rings is 1. The monoisotopic (exact) mass is 395 g/mol. The fourth-order valence-corrected chi connectivity index (χ4v) is 4.62. The number of hydrogen-bond donors (Lipinski definition) is 2. The second-order valence-corrected chi connectivity index (χ2v) is 8.72. The van der Waals surface area contributed by atoms with Crippen molar-refractivity contribution >= 4 is 17.2 Å². The zero-order valence-corrected chi connectivity index (χ0v) is 17.4. The summed E-state index contributed by atoms with van der Waals surface area (Å²) in [4.78, 5) is 17.1. The van der Waals surface area contributed by atoms with Gasteiger partial charge in [-0.05, 0) is 45.4 Å². The minimum atomic E-state index is 0.0450. The number of nitrogens with zero attached hydrogens (tertiary/aromatic N) is 1. The Labute approximate surface area is 166 Å². The lowest BCUT2D eigenvalue weighted by molar-refractivity contribution is -0.128. The fourth-order valence-electron chi connectivity index (χ4n) is 4.00. The van der Waals surface area contributed by atoms with E-state index in [2.05, 4.69) is 22.5 Å². The first-order valence-corrected chi connectivity index (χ1v) is 11.2. The Morgan fingerprint density at radius 1 is 1.33 bits per heavy atom. The van der Waals surface area contributed by atoms with Crippen LogP contribution in [0.2, 0.25) is 0 Å². The van der Waals surface area contributed by atoms with Crippen LogP contribution in [0.3, 0.4) is 0 Å². The van der Waals surface area contributed by atoms with Crippen LogP contribution in [0.25, 0.3) is 0 Å². The highest BCUT2D eigenvalue weighted by Gasteiger charge is 2.35. The Morgan fingerprint density at radius 2 is 2.15 bits per heavy atom. The van der Waals surface area contributed by atoms with E-state index >= 15 is 0 Å². The van der Waals surface area contributed by atoms with Gasteiger partial charge in [0, 0.05) is 43.2 Å². The van der Waals surface area contributed by atoms with Crippen molar-refractivity contribution in [2.75, 3.05) is 19.8 Å². The van der Waals surface area contributed by atoms with Gasteiger partial charge in [-0.2, -0.15) is 0 Å². The summed E-state index contributed by atoms with van der Waals surface area (Å²) < 4.78 is 11.6. The minimum Gasteiger partial charge on any atom is -0.381 e. The number of carbonyl (C=O) groups excluding carboxylic acids is 1. The topological polar surface area (TPSA) is 72.5 Å². The van der Waals surface area contributed by atoms with Gasteiger partial charge < -0.3 is 20.1 Å². The molecular formula is C20H33N3O3S. The summed E-state index contributed by atoms with van der Waals surface area (Å²) in [6, 6.07) is 0.710. The van der Waals surface area contributed by atoms with Crippen molar-refractivity contribution in [3.8, 4) is 0 Å². The molecule has 7 heteroatoms. The van der Waals surface area contributed by atoms with Crippen molar-refractivity contribution in [3.63, 3.8) is 0 Å². The second kappa shape index (κ2) is 10.5. The third-order valence-electron chi connectivity index (χ3n) is 5.48. The van der Waals surface area contributed by atoms with Crippen molar-refractivity contribution in [1.29, 1.82) is 0 Å². The van der Waals surface area contributed by atoms with Crippen LogP contribution < -0.4 is 10.6 Å². The quantitative estimate of drug-likeness (QED) is 0.708. The molecule has 0 spiro atoms. The van der Waals surface area contributed by atoms with Gasteiger partial charge in [0.15, 0.2) is 0 Å². The molecule has 2 heterocycles. The van der Waals surface area contributed by atoms with E-state index in [1.54, 1.807) is 11.3 Å². The number of rotatable bonds is 8. The van der Waals surface area contributed by atoms with Gasteiger partial charge in [-0.3, -0.25) is 4.79 Å². The highest BCUT2D eigenvalue weighted by Crippen LogP contribution is 2.28. The van der Waals surface area contributed by atoms with Gasteiger partial charge in [0.2, 0.25) is 5.91 Å². The molecule has 152 valence electrons. The highest BCUT2D eigenvalue weighted by atomic mass is 32.1. The predicted octanol–water partition coefficient (Wildman–Crippen LogP) is 2.80. The summed E-state index contributed by atoms with van der Waals surface area (Å²) in [7, 11) is 0. The Hall–Kier alpha value is -1.02. The molecule has 2 fully saturated rings. The maximum Gasteiger partial charge on any atom is 0.223 e. The summed E-state index contributed by atoms with van der Waals surface area (Å²) >= 11 is 1.62. The molecule has 3 rings (SSSR count). The normalized spacial score (nSPS) is 26.8. The molecule has 27 heavy (non-hydrogen) atoms. The Kier molecular flexibility index (Phi) is 8.06. The van der Waals surface area contributed by atoms with E-state index < -0.39 is 0 Å². The minimum absolute atomic E-state index is 0.0450. The van der Waals surface area contributed by atoms with Crippen LogP contribution in [0.5, 0.6) is 0 Å². The van der Waals surface area contributed by atoms with Gasteiger partial charge in [-0.15, -0.1) is 11.3 Å². The van der Waals surface area contributed by atoms with Gasteiger partial charge in [-0.25, -0.2) is 4.98 Å². The molecule has 1 aromatic rings. The summed E-state index contributed by atoms with van der Waals surface area (Å²) in [5, 5.41) is 9.91. The molecule has 0 aromatic carbocycles. The molecule has 0 bridgehead atoms. The molecule has 1 aliphatic heterocycles. The Balaban J connectivity index is 1.53. The molecule has 1 saturated heterocycles. The van der Waals surface area contributed by atoms with Crippen LogP contribution in [0.1, 0.15) is 56.2 Å². The lowest BCUT2D eigenvalue weighted by Gasteiger charge is -2.39. The zero-order valence-electron chi connectivity index (χ0n) is 16.5. The summed E-state index contributed by atoms with van der Waals surface area (Å²) in [5.41, 5.74) is 0.947. The van der Waals surface area contributed by atoms with E-state index in [0.29, 0.717) is 12.6 Å². The van der Waals surface area contributed by atoms with Crippen molar-refractivity contribution < 1.29 is 14.3 Å². The lowest BCUT2D eigenvalue weighted by Crippen LogP contribution is -2.52. The first-order valence-electron chi connectivity index (χ1n) is 10.3. The average molecular weight is 396 g/mol. The molecule has 1 aromatic heterocycles. The van der Waals surface area contributed by atoms with Gasteiger partial charge in [-0.1, -0.05) is 6.92 Å². The first-order chi connectivity index (χ1) is 13.2. The van der Waals surface area contributed by atoms with E-state index in [-0.39, 0.29) is 24.0 Å². The van der Waals surface area contributed by atoms with Crippen LogP contribution in [-0.2, 0) is 20.8 Å². The van der Waals surface area contributed by atoms with Crippen LogP contribution in [-0.4, -0.2) is 48.9 Å². The predicted molar refractivity (Wildman–Crippen MR) is 107 cm³/mol. The van der Waals surface area contributed by atoms with Crippen molar-refractivity contribution in [2.45, 2.75) is 77.1 Å². The number of ether oxygens (including phenoxy) is 2. The zero-order chi connectivity index (χ0) is 19.1. The number of aromatic nitrogens is 1. The number of carbonyl (C=O) groups is 1. The SMILES string of the molecule is CCCO[C@@H]1CC[C@H](C(=O)NCc2csc(C)n2)C[C@H]1NC1CCOCC1. The number of nitrogens with one attached hydrogen (secondary N) is 2. The first kappa shape index (κ1) is 20.7. The lowest BCUT2D eigenvalue weighted by atomic mass is 9.82. The molecular weight excluding hydrogens is 362 g/mol. The molecule has 0 radical (unpaired) electrons. The van der Waals surface area contributed by atoms with Crippen LogP contribution in [0, 0.1) is 12.8 Å². The molecule has 1 amide bonds. The fraction of sp³-hybridized carbons (Fsp3) is 0.800. The largest absolute Gasteiger partial charge is 0.381 e. The highest BCUT2D eigenvalue weighted by molar-refractivity contribution is 7.09. The molecule has 2 aliphatic rings. The molecule has 2 N–H and O–H groups in total. The van der Waals surface area contributed by atoms with Crippen molar-refractivity contribution in [1.82, 2.24) is 15.6 Å². The molecule has 1 aliphatic carbocycles. The van der Waals surface area contributed by atoms with Crippen LogP contribution in [0.15, 0.2) is 5.38 Å². The maximum atomic E-state index is 12.7. The van der Waals surface area contributed by atoms with Crippen LogP contribution >= 0.6 is 11.3 Å². The third-order valence-corrected chi connectivity index (χ3v) is 6.30. The number of amides is 1. The second-order valence-electron chi connectivity index (χ2n) is 7.65. The average Bonchev–Trinajstić information content (AvgIpc) is 3.11. The van der Waals surface area contributed by atoms with Gasteiger partial charge in [0.25, 0.3) is 0 Å². The van der Waals surface area contributed by atoms with E-state index in [9.17, 15) is 4.79 Å². The smallest absolute Gasteiger partial charge is 0.223 e. The summed E-state index contributed by atoms with van der Waals surface area (Å²) in [6.45, 7) is 7.08. The third kappa shape index (κ3) is 6.24. The summed E-state index contributed by atoms with van der Waals surface area (Å²) in [5.74, 6) is 0.192. The number of aryl methyl sites for hydroxylation is 1. The summed E-state index contributed by atoms with van der Waals surface area (Å²) in [6.07, 6.45) is 5.98. The van der Waals surface area contributed by atoms with Gasteiger partial charge >= 0.3 is 0 Å². The standard InChI is InChI=1S/C20H33N3O3S/c1-3-8-26-19-5-4-15(11-18(19)23-16-6-9-25-10-7-16)20(24)21-12-17-13-27-14(2)22-17/h13,15-16,18-19,23H,3-12H2,1-2H3,(H,21,24)/t15-,18+,19+/m0/s1. The van der Waals surface area contributed by atoms with E-state index in [0.717, 1.165) is 69.0 Å². The van der Waals surface area contributed by atoms with Crippen molar-refractivity contribution in [3.05, 3.63) is 16.1 Å². The van der Waals surface area contributed by atoms with E-state index in [1.807, 2.05) is 12.3 Å². The van der Waals surface area contributed by atoms with Crippen LogP contribution in [0.4, 0.5) is 0 Å². The van der Waals surface area contributed by atoms with Crippen molar-refractivity contribution in [2.24, 2.45) is 5.92 Å². The maximum absolute atomic E-state index is 12.7. The van der Waals surface area contributed by atoms with Gasteiger partial charge in [0.05, 0.1) is 23.4 Å².